The molecule has 6 nitrogen and oxygen atoms in total. The molecular formula is C14H21N3O3S. The molecule has 1 amide bonds. The molecule has 0 unspecified atom stereocenters. The fourth-order valence-corrected chi connectivity index (χ4v) is 4.59. The topological polar surface area (TPSA) is 106 Å². The quantitative estimate of drug-likeness (QED) is 0.804. The molecule has 7 heteroatoms. The van der Waals surface area contributed by atoms with Gasteiger partial charge in [-0.3, -0.25) is 4.79 Å². The normalized spacial score (nSPS) is 17.8. The Morgan fingerprint density at radius 1 is 1.33 bits per heavy atom. The Labute approximate surface area is 125 Å². The number of hydrogen-bond acceptors (Lipinski definition) is 4. The number of nitrogen functional groups attached to an aromatic ring is 1. The van der Waals surface area contributed by atoms with Gasteiger partial charge in [-0.1, -0.05) is 12.1 Å². The summed E-state index contributed by atoms with van der Waals surface area (Å²) in [6.45, 7) is 2.53. The van der Waals surface area contributed by atoms with E-state index in [0.29, 0.717) is 37.9 Å². The van der Waals surface area contributed by atoms with Gasteiger partial charge in [0.05, 0.1) is 5.69 Å². The van der Waals surface area contributed by atoms with E-state index in [4.69, 9.17) is 11.5 Å². The number of rotatable bonds is 4. The first-order valence-corrected chi connectivity index (χ1v) is 8.40. The van der Waals surface area contributed by atoms with E-state index in [1.807, 2.05) is 0 Å². The van der Waals surface area contributed by atoms with Crippen LogP contribution in [-0.4, -0.2) is 31.7 Å². The summed E-state index contributed by atoms with van der Waals surface area (Å²) in [5.41, 5.74) is 11.9. The Bertz CT molecular complexity index is 615. The first-order chi connectivity index (χ1) is 9.82. The van der Waals surface area contributed by atoms with Gasteiger partial charge < -0.3 is 11.5 Å². The largest absolute Gasteiger partial charge is 0.398 e. The van der Waals surface area contributed by atoms with E-state index >= 15 is 0 Å². The van der Waals surface area contributed by atoms with Crippen LogP contribution in [0.5, 0.6) is 0 Å². The molecule has 21 heavy (non-hydrogen) atoms. The number of hydrogen-bond donors (Lipinski definition) is 2. The number of aryl methyl sites for hydroxylation is 1. The number of primary amides is 1. The van der Waals surface area contributed by atoms with Gasteiger partial charge in [0.25, 0.3) is 0 Å². The van der Waals surface area contributed by atoms with E-state index in [2.05, 4.69) is 0 Å². The van der Waals surface area contributed by atoms with E-state index < -0.39 is 10.0 Å². The smallest absolute Gasteiger partial charge is 0.245 e. The molecule has 1 aliphatic heterocycles. The van der Waals surface area contributed by atoms with Crippen LogP contribution in [0.15, 0.2) is 23.1 Å². The molecule has 0 bridgehead atoms. The van der Waals surface area contributed by atoms with Crippen LogP contribution in [0.1, 0.15) is 24.8 Å². The van der Waals surface area contributed by atoms with Crippen molar-refractivity contribution < 1.29 is 13.2 Å². The molecule has 1 aromatic rings. The summed E-state index contributed by atoms with van der Waals surface area (Å²) in [6.07, 6.45) is 1.61. The van der Waals surface area contributed by atoms with Crippen molar-refractivity contribution >= 4 is 21.6 Å². The third-order valence-corrected chi connectivity index (χ3v) is 6.02. The van der Waals surface area contributed by atoms with Crippen molar-refractivity contribution in [2.24, 2.45) is 11.7 Å². The molecule has 1 aliphatic rings. The molecule has 0 atom stereocenters. The van der Waals surface area contributed by atoms with E-state index in [1.165, 1.54) is 4.31 Å². The molecule has 116 valence electrons. The van der Waals surface area contributed by atoms with Gasteiger partial charge in [0.1, 0.15) is 4.90 Å². The van der Waals surface area contributed by atoms with Crippen LogP contribution in [0.2, 0.25) is 0 Å². The van der Waals surface area contributed by atoms with Crippen molar-refractivity contribution in [3.8, 4) is 0 Å². The highest BCUT2D eigenvalue weighted by atomic mass is 32.2. The Hall–Kier alpha value is -1.60. The Balaban J connectivity index is 2.17. The zero-order valence-electron chi connectivity index (χ0n) is 12.1. The van der Waals surface area contributed by atoms with Gasteiger partial charge in [-0.05, 0) is 37.3 Å². The van der Waals surface area contributed by atoms with Gasteiger partial charge in [0.15, 0.2) is 0 Å². The van der Waals surface area contributed by atoms with Crippen LogP contribution in [0, 0.1) is 12.8 Å². The highest BCUT2D eigenvalue weighted by Crippen LogP contribution is 2.29. The molecule has 0 saturated carbocycles. The number of piperidine rings is 1. The average molecular weight is 311 g/mol. The third-order valence-electron chi connectivity index (χ3n) is 3.90. The molecule has 0 radical (unpaired) electrons. The first-order valence-electron chi connectivity index (χ1n) is 6.96. The highest BCUT2D eigenvalue weighted by molar-refractivity contribution is 7.89. The summed E-state index contributed by atoms with van der Waals surface area (Å²) in [5.74, 6) is -0.164. The van der Waals surface area contributed by atoms with Gasteiger partial charge >= 0.3 is 0 Å². The Kier molecular flexibility index (Phi) is 4.53. The monoisotopic (exact) mass is 311 g/mol. The second-order valence-electron chi connectivity index (χ2n) is 5.51. The molecule has 0 spiro atoms. The van der Waals surface area contributed by atoms with Crippen LogP contribution in [0.4, 0.5) is 5.69 Å². The lowest BCUT2D eigenvalue weighted by molar-refractivity contribution is -0.119. The minimum Gasteiger partial charge on any atom is -0.398 e. The standard InChI is InChI=1S/C14H21N3O3S/c1-10-3-2-4-12(15)14(10)21(19,20)17-7-5-11(6-8-17)9-13(16)18/h2-4,11H,5-9,15H2,1H3,(H2,16,18). The maximum absolute atomic E-state index is 12.7. The number of carbonyl (C=O) groups is 1. The van der Waals surface area contributed by atoms with Gasteiger partial charge in [0, 0.05) is 19.5 Å². The predicted molar refractivity (Wildman–Crippen MR) is 80.9 cm³/mol. The van der Waals surface area contributed by atoms with Crippen LogP contribution in [0.3, 0.4) is 0 Å². The van der Waals surface area contributed by atoms with Crippen molar-refractivity contribution in [2.45, 2.75) is 31.1 Å². The van der Waals surface area contributed by atoms with Crippen LogP contribution >= 0.6 is 0 Å². The minimum absolute atomic E-state index is 0.170. The lowest BCUT2D eigenvalue weighted by Crippen LogP contribution is -2.39. The fraction of sp³-hybridized carbons (Fsp3) is 0.500. The zero-order valence-corrected chi connectivity index (χ0v) is 12.9. The number of sulfonamides is 1. The number of amides is 1. The molecule has 1 fully saturated rings. The molecule has 1 aromatic carbocycles. The van der Waals surface area contributed by atoms with Gasteiger partial charge in [-0.25, -0.2) is 8.42 Å². The van der Waals surface area contributed by atoms with Crippen molar-refractivity contribution in [1.82, 2.24) is 4.31 Å². The zero-order chi connectivity index (χ0) is 15.6. The summed E-state index contributed by atoms with van der Waals surface area (Å²) in [7, 11) is -3.58. The van der Waals surface area contributed by atoms with E-state index in [9.17, 15) is 13.2 Å². The summed E-state index contributed by atoms with van der Waals surface area (Å²) < 4.78 is 26.9. The van der Waals surface area contributed by atoms with Crippen molar-refractivity contribution in [3.63, 3.8) is 0 Å². The van der Waals surface area contributed by atoms with Crippen LogP contribution in [-0.2, 0) is 14.8 Å². The van der Waals surface area contributed by atoms with Crippen LogP contribution < -0.4 is 11.5 Å². The molecule has 4 N–H and O–H groups in total. The average Bonchev–Trinajstić information content (AvgIpc) is 2.38. The number of anilines is 1. The maximum Gasteiger partial charge on any atom is 0.245 e. The SMILES string of the molecule is Cc1cccc(N)c1S(=O)(=O)N1CCC(CC(N)=O)CC1. The molecule has 1 saturated heterocycles. The predicted octanol–water partition coefficient (Wildman–Crippen LogP) is 0.853. The molecule has 1 heterocycles. The lowest BCUT2D eigenvalue weighted by Gasteiger charge is -2.31. The summed E-state index contributed by atoms with van der Waals surface area (Å²) in [6, 6.07) is 5.07. The Morgan fingerprint density at radius 2 is 1.95 bits per heavy atom. The molecule has 0 aliphatic carbocycles. The first kappa shape index (κ1) is 15.8. The molecular weight excluding hydrogens is 290 g/mol. The molecule has 2 rings (SSSR count). The summed E-state index contributed by atoms with van der Waals surface area (Å²) in [4.78, 5) is 11.1. The van der Waals surface area contributed by atoms with Crippen LogP contribution in [0.25, 0.3) is 0 Å². The van der Waals surface area contributed by atoms with Gasteiger partial charge in [-0.15, -0.1) is 0 Å². The maximum atomic E-state index is 12.7. The lowest BCUT2D eigenvalue weighted by atomic mass is 9.94. The van der Waals surface area contributed by atoms with Gasteiger partial charge in [-0.2, -0.15) is 4.31 Å². The fourth-order valence-electron chi connectivity index (χ4n) is 2.79. The third kappa shape index (κ3) is 3.36. The highest BCUT2D eigenvalue weighted by Gasteiger charge is 2.31. The van der Waals surface area contributed by atoms with Crippen molar-refractivity contribution in [3.05, 3.63) is 23.8 Å². The van der Waals surface area contributed by atoms with Crippen molar-refractivity contribution in [1.29, 1.82) is 0 Å². The van der Waals surface area contributed by atoms with Gasteiger partial charge in [0.2, 0.25) is 15.9 Å². The van der Waals surface area contributed by atoms with E-state index in [0.717, 1.165) is 0 Å². The number of nitrogens with two attached hydrogens (primary N) is 2. The summed E-state index contributed by atoms with van der Waals surface area (Å²) >= 11 is 0. The van der Waals surface area contributed by atoms with E-state index in [1.54, 1.807) is 25.1 Å². The molecule has 0 aromatic heterocycles. The summed E-state index contributed by atoms with van der Waals surface area (Å²) in [5, 5.41) is 0. The minimum atomic E-state index is -3.58. The van der Waals surface area contributed by atoms with Crippen molar-refractivity contribution in [2.75, 3.05) is 18.8 Å². The number of carbonyl (C=O) groups excluding carboxylic acids is 1. The second-order valence-corrected chi connectivity index (χ2v) is 7.39. The second kappa shape index (κ2) is 6.03. The number of nitrogens with zero attached hydrogens (tertiary/aromatic N) is 1. The number of benzene rings is 1. The van der Waals surface area contributed by atoms with E-state index in [-0.39, 0.29) is 22.4 Å². The Morgan fingerprint density at radius 3 is 2.48 bits per heavy atom.